The Balaban J connectivity index is 2.80. The molecule has 0 saturated heterocycles. The van der Waals surface area contributed by atoms with E-state index in [0.717, 1.165) is 6.54 Å². The molecular weight excluding hydrogens is 222 g/mol. The number of hydrogen-bond acceptors (Lipinski definition) is 2. The van der Waals surface area contributed by atoms with Crippen LogP contribution in [-0.2, 0) is 7.05 Å². The second kappa shape index (κ2) is 8.30. The zero-order valence-corrected chi connectivity index (χ0v) is 12.4. The normalized spacial score (nSPS) is 13.2. The average molecular weight is 251 g/mol. The molecule has 1 unspecified atom stereocenters. The highest BCUT2D eigenvalue weighted by molar-refractivity contribution is 5.07. The van der Waals surface area contributed by atoms with Crippen LogP contribution in [0.1, 0.15) is 64.6 Å². The zero-order chi connectivity index (χ0) is 13.4. The van der Waals surface area contributed by atoms with Crippen LogP contribution in [0.2, 0.25) is 0 Å². The molecule has 0 saturated carbocycles. The Labute approximate surface area is 112 Å². The van der Waals surface area contributed by atoms with E-state index in [0.29, 0.717) is 12.0 Å². The van der Waals surface area contributed by atoms with Gasteiger partial charge in [0.15, 0.2) is 0 Å². The molecule has 0 aliphatic heterocycles. The third-order valence-electron chi connectivity index (χ3n) is 3.46. The van der Waals surface area contributed by atoms with Gasteiger partial charge in [-0.3, -0.25) is 4.68 Å². The summed E-state index contributed by atoms with van der Waals surface area (Å²) in [5, 5.41) is 8.30. The molecule has 3 nitrogen and oxygen atoms in total. The van der Waals surface area contributed by atoms with Gasteiger partial charge in [0.05, 0.1) is 11.7 Å². The summed E-state index contributed by atoms with van der Waals surface area (Å²) in [5.74, 6) is 0.710. The molecule has 0 aliphatic carbocycles. The lowest BCUT2D eigenvalue weighted by atomic mass is 9.88. The van der Waals surface area contributed by atoms with Crippen LogP contribution < -0.4 is 5.32 Å². The highest BCUT2D eigenvalue weighted by Crippen LogP contribution is 2.28. The minimum absolute atomic E-state index is 0.422. The maximum Gasteiger partial charge on any atom is 0.0796 e. The van der Waals surface area contributed by atoms with Gasteiger partial charge in [-0.2, -0.15) is 5.10 Å². The molecule has 1 atom stereocenters. The summed E-state index contributed by atoms with van der Waals surface area (Å²) in [6, 6.07) is 2.58. The Hall–Kier alpha value is -0.830. The van der Waals surface area contributed by atoms with E-state index in [2.05, 4.69) is 37.3 Å². The number of aromatic nitrogens is 2. The Morgan fingerprint density at radius 2 is 1.83 bits per heavy atom. The lowest BCUT2D eigenvalue weighted by molar-refractivity contribution is 0.309. The summed E-state index contributed by atoms with van der Waals surface area (Å²) < 4.78 is 1.91. The Morgan fingerprint density at radius 3 is 2.28 bits per heavy atom. The second-order valence-corrected chi connectivity index (χ2v) is 5.18. The summed E-state index contributed by atoms with van der Waals surface area (Å²) in [6.45, 7) is 7.85. The predicted octanol–water partition coefficient (Wildman–Crippen LogP) is 3.68. The lowest BCUT2D eigenvalue weighted by Crippen LogP contribution is -2.29. The largest absolute Gasteiger partial charge is 0.308 e. The third-order valence-corrected chi connectivity index (χ3v) is 3.46. The Kier molecular flexibility index (Phi) is 7.02. The van der Waals surface area contributed by atoms with Crippen LogP contribution in [0, 0.1) is 5.92 Å². The van der Waals surface area contributed by atoms with Gasteiger partial charge in [-0.15, -0.1) is 0 Å². The van der Waals surface area contributed by atoms with Crippen molar-refractivity contribution < 1.29 is 0 Å². The average Bonchev–Trinajstić information content (AvgIpc) is 2.77. The molecular formula is C15H29N3. The van der Waals surface area contributed by atoms with Crippen LogP contribution in [0.5, 0.6) is 0 Å². The molecule has 0 aliphatic rings. The van der Waals surface area contributed by atoms with Crippen molar-refractivity contribution >= 4 is 0 Å². The first-order valence-corrected chi connectivity index (χ1v) is 7.45. The number of nitrogens with zero attached hydrogens (tertiary/aromatic N) is 2. The van der Waals surface area contributed by atoms with Gasteiger partial charge in [-0.05, 0) is 37.8 Å². The molecule has 0 spiro atoms. The molecule has 104 valence electrons. The summed E-state index contributed by atoms with van der Waals surface area (Å²) in [5.41, 5.74) is 1.21. The molecule has 1 N–H and O–H groups in total. The number of nitrogens with one attached hydrogen (secondary N) is 1. The van der Waals surface area contributed by atoms with Gasteiger partial charge < -0.3 is 5.32 Å². The summed E-state index contributed by atoms with van der Waals surface area (Å²) in [4.78, 5) is 0. The smallest absolute Gasteiger partial charge is 0.0796 e. The van der Waals surface area contributed by atoms with Crippen molar-refractivity contribution in [2.24, 2.45) is 13.0 Å². The fourth-order valence-electron chi connectivity index (χ4n) is 2.63. The molecule has 0 fully saturated rings. The zero-order valence-electron chi connectivity index (χ0n) is 12.4. The maximum atomic E-state index is 4.60. The van der Waals surface area contributed by atoms with Gasteiger partial charge in [-0.1, -0.05) is 33.6 Å². The first-order valence-electron chi connectivity index (χ1n) is 7.45. The van der Waals surface area contributed by atoms with Gasteiger partial charge in [0.1, 0.15) is 0 Å². The molecule has 3 heteroatoms. The predicted molar refractivity (Wildman–Crippen MR) is 77.5 cm³/mol. The summed E-state index contributed by atoms with van der Waals surface area (Å²) in [6.07, 6.45) is 8.29. The Morgan fingerprint density at radius 1 is 1.17 bits per heavy atom. The molecule has 0 bridgehead atoms. The lowest BCUT2D eigenvalue weighted by Gasteiger charge is -2.26. The minimum Gasteiger partial charge on any atom is -0.308 e. The highest BCUT2D eigenvalue weighted by Gasteiger charge is 2.23. The molecule has 0 aromatic carbocycles. The van der Waals surface area contributed by atoms with Crippen LogP contribution in [0.4, 0.5) is 0 Å². The van der Waals surface area contributed by atoms with E-state index in [1.807, 2.05) is 17.9 Å². The molecule has 1 aromatic rings. The monoisotopic (exact) mass is 251 g/mol. The maximum absolute atomic E-state index is 4.60. The quantitative estimate of drug-likeness (QED) is 0.725. The molecule has 1 rings (SSSR count). The van der Waals surface area contributed by atoms with Crippen LogP contribution in [0.15, 0.2) is 12.3 Å². The van der Waals surface area contributed by atoms with Gasteiger partial charge in [0.2, 0.25) is 0 Å². The Bertz CT molecular complexity index is 313. The number of rotatable bonds is 9. The van der Waals surface area contributed by atoms with Crippen molar-refractivity contribution in [2.45, 2.75) is 58.9 Å². The van der Waals surface area contributed by atoms with Crippen LogP contribution in [-0.4, -0.2) is 16.3 Å². The van der Waals surface area contributed by atoms with E-state index in [1.54, 1.807) is 0 Å². The van der Waals surface area contributed by atoms with Gasteiger partial charge in [0, 0.05) is 13.2 Å². The van der Waals surface area contributed by atoms with Gasteiger partial charge in [-0.25, -0.2) is 0 Å². The van der Waals surface area contributed by atoms with Crippen molar-refractivity contribution in [3.05, 3.63) is 18.0 Å². The van der Waals surface area contributed by atoms with E-state index >= 15 is 0 Å². The molecule has 1 heterocycles. The first kappa shape index (κ1) is 15.2. The van der Waals surface area contributed by atoms with Crippen molar-refractivity contribution in [3.63, 3.8) is 0 Å². The summed E-state index contributed by atoms with van der Waals surface area (Å²) >= 11 is 0. The highest BCUT2D eigenvalue weighted by atomic mass is 15.3. The first-order chi connectivity index (χ1) is 8.72. The number of aryl methyl sites for hydroxylation is 1. The van der Waals surface area contributed by atoms with E-state index in [-0.39, 0.29) is 0 Å². The fraction of sp³-hybridized carbons (Fsp3) is 0.800. The van der Waals surface area contributed by atoms with Crippen LogP contribution in [0.25, 0.3) is 0 Å². The SMILES string of the molecule is CCCNC(c1ccn(C)n1)C(CCC)CCC. The van der Waals surface area contributed by atoms with Gasteiger partial charge >= 0.3 is 0 Å². The molecule has 0 amide bonds. The number of hydrogen-bond donors (Lipinski definition) is 1. The standard InChI is InChI=1S/C15H29N3/c1-5-8-13(9-6-2)15(16-11-7-3)14-10-12-18(4)17-14/h10,12-13,15-16H,5-9,11H2,1-4H3. The fourth-order valence-corrected chi connectivity index (χ4v) is 2.63. The van der Waals surface area contributed by atoms with E-state index in [4.69, 9.17) is 0 Å². The van der Waals surface area contributed by atoms with E-state index < -0.39 is 0 Å². The van der Waals surface area contributed by atoms with Gasteiger partial charge in [0.25, 0.3) is 0 Å². The molecule has 0 radical (unpaired) electrons. The minimum atomic E-state index is 0.422. The van der Waals surface area contributed by atoms with E-state index in [9.17, 15) is 0 Å². The van der Waals surface area contributed by atoms with E-state index in [1.165, 1.54) is 37.8 Å². The van der Waals surface area contributed by atoms with Crippen molar-refractivity contribution in [1.82, 2.24) is 15.1 Å². The van der Waals surface area contributed by atoms with Crippen LogP contribution in [0.3, 0.4) is 0 Å². The topological polar surface area (TPSA) is 29.9 Å². The summed E-state index contributed by atoms with van der Waals surface area (Å²) in [7, 11) is 2.00. The third kappa shape index (κ3) is 4.45. The van der Waals surface area contributed by atoms with Crippen molar-refractivity contribution in [1.29, 1.82) is 0 Å². The second-order valence-electron chi connectivity index (χ2n) is 5.18. The van der Waals surface area contributed by atoms with Crippen molar-refractivity contribution in [3.8, 4) is 0 Å². The van der Waals surface area contributed by atoms with Crippen LogP contribution >= 0.6 is 0 Å². The molecule has 18 heavy (non-hydrogen) atoms. The molecule has 1 aromatic heterocycles. The van der Waals surface area contributed by atoms with Crippen molar-refractivity contribution in [2.75, 3.05) is 6.54 Å².